The van der Waals surface area contributed by atoms with Crippen molar-refractivity contribution in [1.82, 2.24) is 14.5 Å². The summed E-state index contributed by atoms with van der Waals surface area (Å²) in [6.45, 7) is 0.0162. The SMILES string of the molecule is CN1C(=O)c2cccc(OC(F)F)c2[C@H]2C[C@@H]1c1nc3ccc(-c4ccc(P(C)(C)=O)c(F)c4)cc3n12. The van der Waals surface area contributed by atoms with Gasteiger partial charge in [-0.25, -0.2) is 9.37 Å². The molecule has 0 saturated heterocycles. The van der Waals surface area contributed by atoms with Crippen molar-refractivity contribution >= 4 is 29.4 Å². The molecule has 0 saturated carbocycles. The number of hydrogen-bond acceptors (Lipinski definition) is 4. The molecule has 10 heteroatoms. The van der Waals surface area contributed by atoms with Gasteiger partial charge in [0.15, 0.2) is 0 Å². The van der Waals surface area contributed by atoms with Gasteiger partial charge in [-0.3, -0.25) is 4.79 Å². The zero-order chi connectivity index (χ0) is 26.2. The van der Waals surface area contributed by atoms with Crippen LogP contribution >= 0.6 is 7.14 Å². The highest BCUT2D eigenvalue weighted by Crippen LogP contribution is 2.50. The maximum Gasteiger partial charge on any atom is 0.387 e. The Morgan fingerprint density at radius 2 is 1.78 bits per heavy atom. The predicted octanol–water partition coefficient (Wildman–Crippen LogP) is 5.81. The maximum absolute atomic E-state index is 14.8. The lowest BCUT2D eigenvalue weighted by molar-refractivity contribution is -0.0507. The van der Waals surface area contributed by atoms with E-state index in [0.29, 0.717) is 34.5 Å². The Labute approximate surface area is 211 Å². The summed E-state index contributed by atoms with van der Waals surface area (Å²) in [4.78, 5) is 19.6. The van der Waals surface area contributed by atoms with Gasteiger partial charge in [0.2, 0.25) is 0 Å². The quantitative estimate of drug-likeness (QED) is 0.316. The number of carbonyl (C=O) groups is 1. The van der Waals surface area contributed by atoms with Crippen molar-refractivity contribution in [3.8, 4) is 16.9 Å². The van der Waals surface area contributed by atoms with Gasteiger partial charge in [0.1, 0.15) is 24.5 Å². The second-order valence-electron chi connectivity index (χ2n) is 9.84. The summed E-state index contributed by atoms with van der Waals surface area (Å²) in [5.41, 5.74) is 3.47. The first-order chi connectivity index (χ1) is 17.5. The molecule has 0 fully saturated rings. The van der Waals surface area contributed by atoms with Crippen LogP contribution in [0.25, 0.3) is 22.2 Å². The highest BCUT2D eigenvalue weighted by molar-refractivity contribution is 7.70. The zero-order valence-electron chi connectivity index (χ0n) is 20.3. The number of rotatable bonds is 4. The molecule has 0 spiro atoms. The summed E-state index contributed by atoms with van der Waals surface area (Å²) in [7, 11) is -1.08. The molecular formula is C27H23F3N3O3P. The standard InChI is InChI=1S/C27H23F3N3O3P/c1-32-21-13-20(24-16(26(32)34)5-4-6-22(24)36-27(29)30)33-19-12-15(7-9-18(19)31-25(21)33)14-8-10-23(17(28)11-14)37(2,3)35/h4-12,20-21,27H,13H2,1-3H3/t20-,21-/m1/s1. The molecule has 2 atom stereocenters. The molecule has 0 N–H and O–H groups in total. The number of nitrogens with zero attached hydrogens (tertiary/aromatic N) is 3. The summed E-state index contributed by atoms with van der Waals surface area (Å²) < 4.78 is 60.6. The largest absolute Gasteiger partial charge is 0.434 e. The molecule has 0 unspecified atom stereocenters. The molecule has 1 amide bonds. The van der Waals surface area contributed by atoms with Crippen LogP contribution in [0.3, 0.4) is 0 Å². The molecule has 190 valence electrons. The van der Waals surface area contributed by atoms with E-state index in [1.165, 1.54) is 31.5 Å². The van der Waals surface area contributed by atoms with Crippen molar-refractivity contribution in [3.63, 3.8) is 0 Å². The summed E-state index contributed by atoms with van der Waals surface area (Å²) in [6.07, 6.45) is 0.465. The van der Waals surface area contributed by atoms with E-state index >= 15 is 0 Å². The van der Waals surface area contributed by atoms with Crippen LogP contribution in [0, 0.1) is 5.82 Å². The fourth-order valence-corrected chi connectivity index (χ4v) is 6.59. The van der Waals surface area contributed by atoms with E-state index in [9.17, 15) is 22.5 Å². The highest BCUT2D eigenvalue weighted by atomic mass is 31.2. The van der Waals surface area contributed by atoms with Crippen molar-refractivity contribution < 1.29 is 27.3 Å². The molecule has 3 heterocycles. The normalized spacial score (nSPS) is 18.8. The summed E-state index contributed by atoms with van der Waals surface area (Å²) in [5, 5.41) is 0.198. The Hall–Kier alpha value is -3.58. The number of hydrogen-bond donors (Lipinski definition) is 0. The van der Waals surface area contributed by atoms with Crippen molar-refractivity contribution in [1.29, 1.82) is 0 Å². The highest BCUT2D eigenvalue weighted by Gasteiger charge is 2.45. The topological polar surface area (TPSA) is 64.4 Å². The van der Waals surface area contributed by atoms with E-state index in [-0.39, 0.29) is 23.0 Å². The molecule has 0 radical (unpaired) electrons. The van der Waals surface area contributed by atoms with Gasteiger partial charge in [0, 0.05) is 29.9 Å². The lowest BCUT2D eigenvalue weighted by atomic mass is 9.97. The predicted molar refractivity (Wildman–Crippen MR) is 135 cm³/mol. The average Bonchev–Trinajstić information content (AvgIpc) is 3.35. The fraction of sp³-hybridized carbons (Fsp3) is 0.259. The van der Waals surface area contributed by atoms with Crippen LogP contribution in [0.1, 0.15) is 40.3 Å². The average molecular weight is 525 g/mol. The zero-order valence-corrected chi connectivity index (χ0v) is 21.2. The lowest BCUT2D eigenvalue weighted by Crippen LogP contribution is -2.30. The van der Waals surface area contributed by atoms with Gasteiger partial charge in [-0.15, -0.1) is 0 Å². The van der Waals surface area contributed by atoms with E-state index < -0.39 is 25.6 Å². The van der Waals surface area contributed by atoms with Gasteiger partial charge >= 0.3 is 6.61 Å². The monoisotopic (exact) mass is 525 g/mol. The third-order valence-electron chi connectivity index (χ3n) is 7.27. The van der Waals surface area contributed by atoms with Gasteiger partial charge in [-0.05, 0) is 60.9 Å². The lowest BCUT2D eigenvalue weighted by Gasteiger charge is -2.24. The Morgan fingerprint density at radius 1 is 1.05 bits per heavy atom. The van der Waals surface area contributed by atoms with E-state index in [4.69, 9.17) is 9.72 Å². The van der Waals surface area contributed by atoms with Crippen molar-refractivity contribution in [3.05, 3.63) is 77.4 Å². The molecule has 6 rings (SSSR count). The molecule has 2 aliphatic rings. The molecule has 2 bridgehead atoms. The van der Waals surface area contributed by atoms with Crippen LogP contribution in [-0.2, 0) is 4.57 Å². The number of ether oxygens (including phenoxy) is 1. The van der Waals surface area contributed by atoms with Crippen molar-refractivity contribution in [2.24, 2.45) is 0 Å². The van der Waals surface area contributed by atoms with Gasteiger partial charge in [0.05, 0.1) is 23.1 Å². The van der Waals surface area contributed by atoms with Gasteiger partial charge in [-0.2, -0.15) is 8.78 Å². The number of imidazole rings is 1. The minimum atomic E-state index is -3.04. The third kappa shape index (κ3) is 3.67. The second-order valence-corrected chi connectivity index (χ2v) is 13.0. The molecule has 4 aromatic rings. The summed E-state index contributed by atoms with van der Waals surface area (Å²) in [5.74, 6) is -0.183. The first-order valence-electron chi connectivity index (χ1n) is 11.8. The third-order valence-corrected chi connectivity index (χ3v) is 8.79. The van der Waals surface area contributed by atoms with Crippen LogP contribution < -0.4 is 10.0 Å². The van der Waals surface area contributed by atoms with Crippen LogP contribution in [0.4, 0.5) is 13.2 Å². The minimum Gasteiger partial charge on any atom is -0.434 e. The fourth-order valence-electron chi connectivity index (χ4n) is 5.58. The minimum absolute atomic E-state index is 0.0352. The number of amides is 1. The van der Waals surface area contributed by atoms with E-state index in [1.54, 1.807) is 30.1 Å². The number of halogens is 3. The van der Waals surface area contributed by atoms with E-state index in [2.05, 4.69) is 0 Å². The molecule has 1 aromatic heterocycles. The van der Waals surface area contributed by atoms with Crippen LogP contribution in [0.2, 0.25) is 0 Å². The second kappa shape index (κ2) is 8.21. The summed E-state index contributed by atoms with van der Waals surface area (Å²) in [6, 6.07) is 14.0. The van der Waals surface area contributed by atoms with Gasteiger partial charge in [-0.1, -0.05) is 18.2 Å². The molecular weight excluding hydrogens is 502 g/mol. The van der Waals surface area contributed by atoms with Crippen molar-refractivity contribution in [2.45, 2.75) is 25.1 Å². The Kier molecular flexibility index (Phi) is 5.28. The maximum atomic E-state index is 14.8. The number of aromatic nitrogens is 2. The molecule has 0 aliphatic carbocycles. The summed E-state index contributed by atoms with van der Waals surface area (Å²) >= 11 is 0. The first-order valence-corrected chi connectivity index (χ1v) is 14.4. The Morgan fingerprint density at radius 3 is 2.49 bits per heavy atom. The van der Waals surface area contributed by atoms with Crippen LogP contribution in [0.5, 0.6) is 5.75 Å². The molecule has 2 aliphatic heterocycles. The van der Waals surface area contributed by atoms with E-state index in [1.807, 2.05) is 22.8 Å². The Bertz CT molecular complexity index is 1640. The van der Waals surface area contributed by atoms with Gasteiger partial charge in [0.25, 0.3) is 5.91 Å². The number of fused-ring (bicyclic) bond motifs is 9. The number of alkyl halides is 2. The van der Waals surface area contributed by atoms with E-state index in [0.717, 1.165) is 11.1 Å². The molecule has 6 nitrogen and oxygen atoms in total. The van der Waals surface area contributed by atoms with Crippen molar-refractivity contribution in [2.75, 3.05) is 20.4 Å². The van der Waals surface area contributed by atoms with Crippen LogP contribution in [0.15, 0.2) is 54.6 Å². The smallest absolute Gasteiger partial charge is 0.387 e. The molecule has 3 aromatic carbocycles. The first kappa shape index (κ1) is 23.8. The number of benzene rings is 3. The Balaban J connectivity index is 1.54. The van der Waals surface area contributed by atoms with Crippen LogP contribution in [-0.4, -0.2) is 47.3 Å². The number of carbonyl (C=O) groups excluding carboxylic acids is 1. The van der Waals surface area contributed by atoms with Gasteiger partial charge < -0.3 is 18.8 Å². The molecule has 37 heavy (non-hydrogen) atoms.